The topological polar surface area (TPSA) is 55.3 Å². The number of halogens is 1. The van der Waals surface area contributed by atoms with E-state index in [9.17, 15) is 4.79 Å². The summed E-state index contributed by atoms with van der Waals surface area (Å²) in [5.41, 5.74) is 0.657. The molecule has 0 spiro atoms. The third kappa shape index (κ3) is 3.99. The van der Waals surface area contributed by atoms with Gasteiger partial charge in [0.1, 0.15) is 5.69 Å². The van der Waals surface area contributed by atoms with Crippen LogP contribution in [0.5, 0.6) is 0 Å². The molecule has 116 valence electrons. The zero-order valence-electron chi connectivity index (χ0n) is 12.1. The SMILES string of the molecule is O=C(NCCOC1CCNCC1)c1cc(Cl)cn1C1CC1. The van der Waals surface area contributed by atoms with Crippen molar-refractivity contribution in [2.75, 3.05) is 26.2 Å². The molecule has 0 unspecified atom stereocenters. The first-order valence-electron chi connectivity index (χ1n) is 7.72. The van der Waals surface area contributed by atoms with E-state index in [1.165, 1.54) is 0 Å². The smallest absolute Gasteiger partial charge is 0.268 e. The van der Waals surface area contributed by atoms with Crippen LogP contribution < -0.4 is 10.6 Å². The number of nitrogens with zero attached hydrogens (tertiary/aromatic N) is 1. The van der Waals surface area contributed by atoms with Gasteiger partial charge in [-0.3, -0.25) is 4.79 Å². The Morgan fingerprint density at radius 2 is 2.14 bits per heavy atom. The van der Waals surface area contributed by atoms with Crippen LogP contribution in [0.15, 0.2) is 12.3 Å². The lowest BCUT2D eigenvalue weighted by Gasteiger charge is -2.22. The summed E-state index contributed by atoms with van der Waals surface area (Å²) in [7, 11) is 0. The summed E-state index contributed by atoms with van der Waals surface area (Å²) in [6.07, 6.45) is 6.53. The van der Waals surface area contributed by atoms with Gasteiger partial charge < -0.3 is 19.9 Å². The number of nitrogens with one attached hydrogen (secondary N) is 2. The Labute approximate surface area is 130 Å². The summed E-state index contributed by atoms with van der Waals surface area (Å²) in [6.45, 7) is 3.14. The molecule has 1 saturated heterocycles. The highest BCUT2D eigenvalue weighted by Gasteiger charge is 2.27. The normalized spacial score (nSPS) is 19.7. The van der Waals surface area contributed by atoms with Crippen molar-refractivity contribution in [1.82, 2.24) is 15.2 Å². The third-order valence-electron chi connectivity index (χ3n) is 4.02. The molecule has 1 aromatic heterocycles. The summed E-state index contributed by atoms with van der Waals surface area (Å²) in [6, 6.07) is 2.19. The average molecular weight is 312 g/mol. The minimum atomic E-state index is -0.0669. The lowest BCUT2D eigenvalue weighted by atomic mass is 10.1. The van der Waals surface area contributed by atoms with Gasteiger partial charge >= 0.3 is 0 Å². The standard InChI is InChI=1S/C15H22ClN3O2/c16-11-9-14(19(10-11)12-1-2-12)15(20)18-7-8-21-13-3-5-17-6-4-13/h9-10,12-13,17H,1-8H2,(H,18,20). The second-order valence-electron chi connectivity index (χ2n) is 5.76. The van der Waals surface area contributed by atoms with Gasteiger partial charge in [0.2, 0.25) is 0 Å². The molecule has 0 atom stereocenters. The first-order chi connectivity index (χ1) is 10.2. The van der Waals surface area contributed by atoms with Crippen LogP contribution >= 0.6 is 11.6 Å². The number of hydrogen-bond acceptors (Lipinski definition) is 3. The molecule has 1 aliphatic carbocycles. The lowest BCUT2D eigenvalue weighted by Crippen LogP contribution is -2.35. The molecule has 21 heavy (non-hydrogen) atoms. The number of amides is 1. The Kier molecular flexibility index (Phi) is 4.83. The Hall–Kier alpha value is -1.04. The molecule has 6 heteroatoms. The first-order valence-corrected chi connectivity index (χ1v) is 8.10. The number of hydrogen-bond donors (Lipinski definition) is 2. The van der Waals surface area contributed by atoms with Gasteiger partial charge in [0.15, 0.2) is 0 Å². The largest absolute Gasteiger partial charge is 0.376 e. The molecule has 2 heterocycles. The number of piperidine rings is 1. The molecule has 2 aliphatic rings. The van der Waals surface area contributed by atoms with Crippen LogP contribution in [0.1, 0.15) is 42.2 Å². The summed E-state index contributed by atoms with van der Waals surface area (Å²) in [4.78, 5) is 12.2. The summed E-state index contributed by atoms with van der Waals surface area (Å²) in [5, 5.41) is 6.84. The van der Waals surface area contributed by atoms with Gasteiger partial charge in [0, 0.05) is 18.8 Å². The van der Waals surface area contributed by atoms with Crippen molar-refractivity contribution in [2.45, 2.75) is 37.8 Å². The van der Waals surface area contributed by atoms with Crippen LogP contribution in [0.25, 0.3) is 0 Å². The van der Waals surface area contributed by atoms with Gasteiger partial charge in [-0.25, -0.2) is 0 Å². The molecule has 2 fully saturated rings. The maximum absolute atomic E-state index is 12.2. The average Bonchev–Trinajstić information content (AvgIpc) is 3.27. The summed E-state index contributed by atoms with van der Waals surface area (Å²) in [5.74, 6) is -0.0669. The van der Waals surface area contributed by atoms with Crippen molar-refractivity contribution in [3.63, 3.8) is 0 Å². The monoisotopic (exact) mass is 311 g/mol. The van der Waals surface area contributed by atoms with Gasteiger partial charge in [-0.1, -0.05) is 11.6 Å². The molecule has 0 bridgehead atoms. The van der Waals surface area contributed by atoms with E-state index in [-0.39, 0.29) is 5.91 Å². The molecule has 1 aliphatic heterocycles. The molecular formula is C15H22ClN3O2. The number of carbonyl (C=O) groups excluding carboxylic acids is 1. The number of rotatable bonds is 6. The van der Waals surface area contributed by atoms with Crippen molar-refractivity contribution in [3.8, 4) is 0 Å². The van der Waals surface area contributed by atoms with Gasteiger partial charge in [-0.05, 0) is 44.8 Å². The lowest BCUT2D eigenvalue weighted by molar-refractivity contribution is 0.0343. The summed E-state index contributed by atoms with van der Waals surface area (Å²) < 4.78 is 7.77. The number of carbonyl (C=O) groups is 1. The molecule has 1 aromatic rings. The quantitative estimate of drug-likeness (QED) is 0.790. The predicted molar refractivity (Wildman–Crippen MR) is 81.9 cm³/mol. The maximum atomic E-state index is 12.2. The van der Waals surface area contributed by atoms with E-state index in [1.807, 2.05) is 10.8 Å². The molecule has 0 aromatic carbocycles. The van der Waals surface area contributed by atoms with Crippen LogP contribution in [0.2, 0.25) is 5.02 Å². The zero-order chi connectivity index (χ0) is 14.7. The van der Waals surface area contributed by atoms with E-state index in [0.29, 0.717) is 36.0 Å². The summed E-state index contributed by atoms with van der Waals surface area (Å²) >= 11 is 6.01. The fraction of sp³-hybridized carbons (Fsp3) is 0.667. The van der Waals surface area contributed by atoms with Gasteiger partial charge in [0.05, 0.1) is 17.7 Å². The molecule has 1 saturated carbocycles. The van der Waals surface area contributed by atoms with E-state index >= 15 is 0 Å². The fourth-order valence-electron chi connectivity index (χ4n) is 2.73. The first kappa shape index (κ1) is 14.9. The third-order valence-corrected chi connectivity index (χ3v) is 4.22. The molecule has 3 rings (SSSR count). The highest BCUT2D eigenvalue weighted by atomic mass is 35.5. The minimum absolute atomic E-state index is 0.0669. The fourth-order valence-corrected chi connectivity index (χ4v) is 2.93. The number of ether oxygens (including phenoxy) is 1. The van der Waals surface area contributed by atoms with Crippen LogP contribution in [-0.2, 0) is 4.74 Å². The van der Waals surface area contributed by atoms with E-state index in [4.69, 9.17) is 16.3 Å². The van der Waals surface area contributed by atoms with Crippen LogP contribution in [-0.4, -0.2) is 42.8 Å². The maximum Gasteiger partial charge on any atom is 0.268 e. The second-order valence-corrected chi connectivity index (χ2v) is 6.19. The van der Waals surface area contributed by atoms with E-state index < -0.39 is 0 Å². The Morgan fingerprint density at radius 1 is 1.38 bits per heavy atom. The second kappa shape index (κ2) is 6.81. The van der Waals surface area contributed by atoms with Crippen molar-refractivity contribution >= 4 is 17.5 Å². The van der Waals surface area contributed by atoms with Gasteiger partial charge in [0.25, 0.3) is 5.91 Å². The van der Waals surface area contributed by atoms with E-state index in [0.717, 1.165) is 38.8 Å². The van der Waals surface area contributed by atoms with E-state index in [1.54, 1.807) is 6.07 Å². The molecule has 2 N–H and O–H groups in total. The van der Waals surface area contributed by atoms with Crippen molar-refractivity contribution < 1.29 is 9.53 Å². The van der Waals surface area contributed by atoms with E-state index in [2.05, 4.69) is 10.6 Å². The Morgan fingerprint density at radius 3 is 2.86 bits per heavy atom. The Balaban J connectivity index is 1.43. The van der Waals surface area contributed by atoms with Crippen LogP contribution in [0.4, 0.5) is 0 Å². The zero-order valence-corrected chi connectivity index (χ0v) is 12.9. The highest BCUT2D eigenvalue weighted by molar-refractivity contribution is 6.31. The van der Waals surface area contributed by atoms with Gasteiger partial charge in [-0.2, -0.15) is 0 Å². The van der Waals surface area contributed by atoms with Crippen LogP contribution in [0, 0.1) is 0 Å². The molecular weight excluding hydrogens is 290 g/mol. The molecule has 1 amide bonds. The van der Waals surface area contributed by atoms with Crippen molar-refractivity contribution in [3.05, 3.63) is 23.0 Å². The molecule has 0 radical (unpaired) electrons. The molecule has 5 nitrogen and oxygen atoms in total. The van der Waals surface area contributed by atoms with Gasteiger partial charge in [-0.15, -0.1) is 0 Å². The highest BCUT2D eigenvalue weighted by Crippen LogP contribution is 2.37. The van der Waals surface area contributed by atoms with Crippen molar-refractivity contribution in [1.29, 1.82) is 0 Å². The van der Waals surface area contributed by atoms with Crippen molar-refractivity contribution in [2.24, 2.45) is 0 Å². The minimum Gasteiger partial charge on any atom is -0.376 e. The van der Waals surface area contributed by atoms with Crippen LogP contribution in [0.3, 0.4) is 0 Å². The number of aromatic nitrogens is 1. The Bertz CT molecular complexity index is 493. The predicted octanol–water partition coefficient (Wildman–Crippen LogP) is 1.97.